The molecule has 0 radical (unpaired) electrons. The fourth-order valence-electron chi connectivity index (χ4n) is 3.14. The van der Waals surface area contributed by atoms with Gasteiger partial charge in [0.1, 0.15) is 29.3 Å². The standard InChI is InChI=1S/C23H17F3N4O/c1-13(2)31-17-5-3-4-15(10-17)21-18(11-27)20(19(12-28)22(29)30-21)14-6-8-16(9-7-14)23(24,25)26/h3-10,13H,1-2H3,(H2,29,30). The molecule has 0 amide bonds. The zero-order chi connectivity index (χ0) is 22.8. The minimum Gasteiger partial charge on any atom is -0.491 e. The first-order valence-electron chi connectivity index (χ1n) is 9.24. The van der Waals surface area contributed by atoms with Crippen LogP contribution < -0.4 is 10.5 Å². The van der Waals surface area contributed by atoms with E-state index in [0.717, 1.165) is 12.1 Å². The first-order chi connectivity index (χ1) is 14.7. The molecule has 0 aliphatic rings. The summed E-state index contributed by atoms with van der Waals surface area (Å²) < 4.78 is 44.5. The Morgan fingerprint density at radius 2 is 1.61 bits per heavy atom. The van der Waals surface area contributed by atoms with Crippen LogP contribution in [0.15, 0.2) is 48.5 Å². The van der Waals surface area contributed by atoms with Crippen LogP contribution in [0.25, 0.3) is 22.4 Å². The van der Waals surface area contributed by atoms with Crippen molar-refractivity contribution in [2.45, 2.75) is 26.1 Å². The van der Waals surface area contributed by atoms with Gasteiger partial charge in [0.05, 0.1) is 22.9 Å². The number of pyridine rings is 1. The number of nitriles is 2. The third-order valence-corrected chi connectivity index (χ3v) is 4.43. The van der Waals surface area contributed by atoms with E-state index < -0.39 is 11.7 Å². The molecule has 1 heterocycles. The minimum atomic E-state index is -4.51. The molecule has 2 N–H and O–H groups in total. The molecule has 0 atom stereocenters. The van der Waals surface area contributed by atoms with Crippen LogP contribution in [0, 0.1) is 22.7 Å². The number of nitrogen functional groups attached to an aromatic ring is 1. The summed E-state index contributed by atoms with van der Waals surface area (Å²) in [6.07, 6.45) is -4.58. The molecular formula is C23H17F3N4O. The SMILES string of the molecule is CC(C)Oc1cccc(-c2nc(N)c(C#N)c(-c3ccc(C(F)(F)F)cc3)c2C#N)c1. The van der Waals surface area contributed by atoms with Crippen LogP contribution in [-0.2, 0) is 6.18 Å². The van der Waals surface area contributed by atoms with Gasteiger partial charge in [-0.25, -0.2) is 4.98 Å². The van der Waals surface area contributed by atoms with E-state index in [9.17, 15) is 23.7 Å². The van der Waals surface area contributed by atoms with Crippen molar-refractivity contribution in [1.82, 2.24) is 4.98 Å². The van der Waals surface area contributed by atoms with Crippen molar-refractivity contribution >= 4 is 5.82 Å². The summed E-state index contributed by atoms with van der Waals surface area (Å²) in [5.41, 5.74) is 6.25. The number of alkyl halides is 3. The van der Waals surface area contributed by atoms with E-state index >= 15 is 0 Å². The Morgan fingerprint density at radius 3 is 2.16 bits per heavy atom. The lowest BCUT2D eigenvalue weighted by molar-refractivity contribution is -0.137. The number of aromatic nitrogens is 1. The van der Waals surface area contributed by atoms with E-state index in [2.05, 4.69) is 4.98 Å². The lowest BCUT2D eigenvalue weighted by Crippen LogP contribution is -2.07. The summed E-state index contributed by atoms with van der Waals surface area (Å²) in [7, 11) is 0. The molecule has 0 saturated heterocycles. The Morgan fingerprint density at radius 1 is 0.968 bits per heavy atom. The molecule has 0 spiro atoms. The number of benzene rings is 2. The molecule has 3 rings (SSSR count). The molecule has 1 aromatic heterocycles. The van der Waals surface area contributed by atoms with Gasteiger partial charge in [-0.15, -0.1) is 0 Å². The Hall–Kier alpha value is -4.04. The average Bonchev–Trinajstić information content (AvgIpc) is 2.72. The Labute approximate surface area is 177 Å². The number of hydrogen-bond donors (Lipinski definition) is 1. The third-order valence-electron chi connectivity index (χ3n) is 4.43. The monoisotopic (exact) mass is 422 g/mol. The molecule has 0 aliphatic heterocycles. The van der Waals surface area contributed by atoms with Crippen molar-refractivity contribution in [2.75, 3.05) is 5.73 Å². The van der Waals surface area contributed by atoms with E-state index in [-0.39, 0.29) is 39.9 Å². The molecule has 8 heteroatoms. The van der Waals surface area contributed by atoms with Crippen LogP contribution >= 0.6 is 0 Å². The molecular weight excluding hydrogens is 405 g/mol. The van der Waals surface area contributed by atoms with Crippen LogP contribution in [0.2, 0.25) is 0 Å². The lowest BCUT2D eigenvalue weighted by Gasteiger charge is -2.15. The maximum absolute atomic E-state index is 12.9. The highest BCUT2D eigenvalue weighted by atomic mass is 19.4. The number of halogens is 3. The van der Waals surface area contributed by atoms with E-state index in [1.165, 1.54) is 12.1 Å². The average molecular weight is 422 g/mol. The molecule has 31 heavy (non-hydrogen) atoms. The first kappa shape index (κ1) is 21.7. The molecule has 2 aromatic carbocycles. The van der Waals surface area contributed by atoms with E-state index in [0.29, 0.717) is 11.3 Å². The molecule has 0 bridgehead atoms. The molecule has 0 fully saturated rings. The summed E-state index contributed by atoms with van der Waals surface area (Å²) in [4.78, 5) is 4.25. The van der Waals surface area contributed by atoms with Gasteiger partial charge in [0.15, 0.2) is 0 Å². The second-order valence-corrected chi connectivity index (χ2v) is 6.96. The molecule has 3 aromatic rings. The maximum Gasteiger partial charge on any atom is 0.416 e. The molecule has 0 unspecified atom stereocenters. The third kappa shape index (κ3) is 4.44. The van der Waals surface area contributed by atoms with Crippen LogP contribution in [0.3, 0.4) is 0 Å². The summed E-state index contributed by atoms with van der Waals surface area (Å²) in [6.45, 7) is 3.74. The van der Waals surface area contributed by atoms with Gasteiger partial charge in [0, 0.05) is 11.1 Å². The quantitative estimate of drug-likeness (QED) is 0.595. The highest BCUT2D eigenvalue weighted by Crippen LogP contribution is 2.38. The summed E-state index contributed by atoms with van der Waals surface area (Å²) in [5, 5.41) is 19.5. The van der Waals surface area contributed by atoms with Gasteiger partial charge in [-0.05, 0) is 43.7 Å². The molecule has 5 nitrogen and oxygen atoms in total. The Kier molecular flexibility index (Phi) is 5.85. The number of nitrogens with zero attached hydrogens (tertiary/aromatic N) is 3. The highest BCUT2D eigenvalue weighted by Gasteiger charge is 2.30. The first-order valence-corrected chi connectivity index (χ1v) is 9.24. The van der Waals surface area contributed by atoms with Crippen LogP contribution in [-0.4, -0.2) is 11.1 Å². The molecule has 0 aliphatic carbocycles. The molecule has 156 valence electrons. The van der Waals surface area contributed by atoms with Gasteiger partial charge in [-0.1, -0.05) is 24.3 Å². The van der Waals surface area contributed by atoms with Crippen molar-refractivity contribution in [3.63, 3.8) is 0 Å². The zero-order valence-electron chi connectivity index (χ0n) is 16.7. The van der Waals surface area contributed by atoms with Gasteiger partial charge in [-0.3, -0.25) is 0 Å². The van der Waals surface area contributed by atoms with Gasteiger partial charge < -0.3 is 10.5 Å². The van der Waals surface area contributed by atoms with Gasteiger partial charge in [-0.2, -0.15) is 23.7 Å². The predicted octanol–water partition coefficient (Wildman–Crippen LogP) is 5.55. The highest BCUT2D eigenvalue weighted by molar-refractivity contribution is 5.87. The maximum atomic E-state index is 12.9. The van der Waals surface area contributed by atoms with Crippen molar-refractivity contribution in [3.8, 4) is 40.3 Å². The lowest BCUT2D eigenvalue weighted by atomic mass is 9.92. The van der Waals surface area contributed by atoms with Crippen molar-refractivity contribution < 1.29 is 17.9 Å². The topological polar surface area (TPSA) is 95.7 Å². The van der Waals surface area contributed by atoms with E-state index in [1.54, 1.807) is 24.3 Å². The van der Waals surface area contributed by atoms with Crippen LogP contribution in [0.4, 0.5) is 19.0 Å². The van der Waals surface area contributed by atoms with Crippen molar-refractivity contribution in [1.29, 1.82) is 10.5 Å². The number of ether oxygens (including phenoxy) is 1. The van der Waals surface area contributed by atoms with Gasteiger partial charge in [0.25, 0.3) is 0 Å². The van der Waals surface area contributed by atoms with E-state index in [4.69, 9.17) is 10.5 Å². The normalized spacial score (nSPS) is 11.1. The second-order valence-electron chi connectivity index (χ2n) is 6.96. The second kappa shape index (κ2) is 8.37. The summed E-state index contributed by atoms with van der Waals surface area (Å²) >= 11 is 0. The summed E-state index contributed by atoms with van der Waals surface area (Å²) in [5.74, 6) is 0.429. The zero-order valence-corrected chi connectivity index (χ0v) is 16.7. The number of nitrogens with two attached hydrogens (primary N) is 1. The Balaban J connectivity index is 2.25. The van der Waals surface area contributed by atoms with Crippen molar-refractivity contribution in [3.05, 3.63) is 65.2 Å². The fraction of sp³-hybridized carbons (Fsp3) is 0.174. The van der Waals surface area contributed by atoms with Gasteiger partial charge >= 0.3 is 6.18 Å². The van der Waals surface area contributed by atoms with Crippen molar-refractivity contribution in [2.24, 2.45) is 0 Å². The fourth-order valence-corrected chi connectivity index (χ4v) is 3.14. The Bertz CT molecular complexity index is 1200. The smallest absolute Gasteiger partial charge is 0.416 e. The van der Waals surface area contributed by atoms with Crippen LogP contribution in [0.5, 0.6) is 5.75 Å². The number of rotatable bonds is 4. The van der Waals surface area contributed by atoms with Crippen LogP contribution in [0.1, 0.15) is 30.5 Å². The summed E-state index contributed by atoms with van der Waals surface area (Å²) in [6, 6.07) is 15.0. The van der Waals surface area contributed by atoms with E-state index in [1.807, 2.05) is 26.0 Å². The number of anilines is 1. The van der Waals surface area contributed by atoms with Gasteiger partial charge in [0.2, 0.25) is 0 Å². The predicted molar refractivity (Wildman–Crippen MR) is 110 cm³/mol. The largest absolute Gasteiger partial charge is 0.491 e. The molecule has 0 saturated carbocycles. The number of hydrogen-bond acceptors (Lipinski definition) is 5. The minimum absolute atomic E-state index is 0.0344.